The van der Waals surface area contributed by atoms with E-state index in [4.69, 9.17) is 4.74 Å². The number of fused-ring (bicyclic) bond motifs is 3. The van der Waals surface area contributed by atoms with Crippen LogP contribution in [0, 0.1) is 0 Å². The fourth-order valence-corrected chi connectivity index (χ4v) is 6.15. The number of methoxy groups -OCH3 is 1. The van der Waals surface area contributed by atoms with E-state index in [1.807, 2.05) is 17.0 Å². The van der Waals surface area contributed by atoms with Gasteiger partial charge in [-0.3, -0.25) is 14.2 Å². The zero-order valence-corrected chi connectivity index (χ0v) is 19.9. The number of amides is 1. The van der Waals surface area contributed by atoms with Gasteiger partial charge in [0.15, 0.2) is 0 Å². The van der Waals surface area contributed by atoms with Gasteiger partial charge in [-0.1, -0.05) is 0 Å². The molecule has 7 nitrogen and oxygen atoms in total. The van der Waals surface area contributed by atoms with Crippen molar-refractivity contribution >= 4 is 33.1 Å². The fraction of sp³-hybridized carbons (Fsp3) is 0.480. The van der Waals surface area contributed by atoms with Gasteiger partial charge >= 0.3 is 0 Å². The van der Waals surface area contributed by atoms with Crippen molar-refractivity contribution in [3.05, 3.63) is 51.4 Å². The Morgan fingerprint density at radius 1 is 1.06 bits per heavy atom. The Bertz CT molecular complexity index is 1200. The van der Waals surface area contributed by atoms with E-state index in [1.165, 1.54) is 16.9 Å². The molecule has 1 aromatic carbocycles. The molecule has 0 N–H and O–H groups in total. The minimum atomic E-state index is 0.00810. The molecule has 0 saturated carbocycles. The Balaban J connectivity index is 1.22. The molecular weight excluding hydrogens is 436 g/mol. The largest absolute Gasteiger partial charge is 0.497 e. The van der Waals surface area contributed by atoms with Gasteiger partial charge in [0.1, 0.15) is 10.6 Å². The van der Waals surface area contributed by atoms with E-state index in [2.05, 4.69) is 22.0 Å². The summed E-state index contributed by atoms with van der Waals surface area (Å²) < 4.78 is 6.88. The molecule has 33 heavy (non-hydrogen) atoms. The van der Waals surface area contributed by atoms with Crippen molar-refractivity contribution in [3.63, 3.8) is 0 Å². The molecule has 3 aromatic rings. The van der Waals surface area contributed by atoms with Crippen molar-refractivity contribution in [3.8, 4) is 5.75 Å². The number of thiophene rings is 1. The first-order valence-electron chi connectivity index (χ1n) is 11.8. The van der Waals surface area contributed by atoms with Crippen molar-refractivity contribution < 1.29 is 9.53 Å². The summed E-state index contributed by atoms with van der Waals surface area (Å²) in [6.45, 7) is 3.53. The van der Waals surface area contributed by atoms with Gasteiger partial charge in [-0.15, -0.1) is 11.3 Å². The number of carbonyl (C=O) groups is 1. The monoisotopic (exact) mass is 466 g/mol. The van der Waals surface area contributed by atoms with E-state index in [9.17, 15) is 9.59 Å². The average molecular weight is 467 g/mol. The third-order valence-corrected chi connectivity index (χ3v) is 7.99. The molecule has 1 aliphatic heterocycles. The number of nitrogens with zero attached hydrogens (tertiary/aromatic N) is 4. The molecule has 8 heteroatoms. The zero-order valence-electron chi connectivity index (χ0n) is 19.1. The normalized spacial score (nSPS) is 16.5. The minimum Gasteiger partial charge on any atom is -0.497 e. The van der Waals surface area contributed by atoms with Gasteiger partial charge in [0, 0.05) is 49.7 Å². The van der Waals surface area contributed by atoms with Gasteiger partial charge in [-0.25, -0.2) is 4.98 Å². The van der Waals surface area contributed by atoms with Crippen molar-refractivity contribution in [1.82, 2.24) is 14.5 Å². The summed E-state index contributed by atoms with van der Waals surface area (Å²) in [5.41, 5.74) is 2.36. The molecule has 0 atom stereocenters. The highest BCUT2D eigenvalue weighted by Crippen LogP contribution is 2.33. The van der Waals surface area contributed by atoms with Crippen molar-refractivity contribution in [2.24, 2.45) is 0 Å². The number of hydrogen-bond donors (Lipinski definition) is 0. The fourth-order valence-electron chi connectivity index (χ4n) is 4.93. The lowest BCUT2D eigenvalue weighted by molar-refractivity contribution is -0.131. The first-order valence-corrected chi connectivity index (χ1v) is 12.6. The maximum Gasteiger partial charge on any atom is 0.262 e. The van der Waals surface area contributed by atoms with Crippen LogP contribution in [0.2, 0.25) is 0 Å². The number of ether oxygens (including phenoxy) is 1. The molecule has 1 saturated heterocycles. The van der Waals surface area contributed by atoms with Crippen LogP contribution in [0.5, 0.6) is 5.75 Å². The number of aromatic nitrogens is 2. The average Bonchev–Trinajstić information content (AvgIpc) is 3.05. The lowest BCUT2D eigenvalue weighted by atomic mass is 9.97. The van der Waals surface area contributed by atoms with Crippen molar-refractivity contribution in [1.29, 1.82) is 0 Å². The van der Waals surface area contributed by atoms with Crippen LogP contribution in [-0.4, -0.2) is 53.6 Å². The second kappa shape index (κ2) is 9.55. The SMILES string of the molecule is COc1ccc(N2CCCN(C(=O)CCn3cnc4sc5c(c4c3=O)CCCC5)CC2)cc1. The minimum absolute atomic E-state index is 0.00810. The molecule has 0 spiro atoms. The molecule has 3 heterocycles. The maximum atomic E-state index is 13.1. The summed E-state index contributed by atoms with van der Waals surface area (Å²) >= 11 is 1.66. The topological polar surface area (TPSA) is 67.7 Å². The van der Waals surface area contributed by atoms with E-state index in [0.717, 1.165) is 67.0 Å². The van der Waals surface area contributed by atoms with Gasteiger partial charge < -0.3 is 14.5 Å². The first kappa shape index (κ1) is 21.9. The molecule has 1 fully saturated rings. The second-order valence-electron chi connectivity index (χ2n) is 8.80. The molecule has 0 unspecified atom stereocenters. The maximum absolute atomic E-state index is 13.1. The smallest absolute Gasteiger partial charge is 0.262 e. The molecule has 2 aliphatic rings. The summed E-state index contributed by atoms with van der Waals surface area (Å²) in [4.78, 5) is 37.1. The highest BCUT2D eigenvalue weighted by atomic mass is 32.1. The van der Waals surface area contributed by atoms with Gasteiger partial charge in [0.05, 0.1) is 18.8 Å². The number of carbonyl (C=O) groups excluding carboxylic acids is 1. The lowest BCUT2D eigenvalue weighted by Gasteiger charge is -2.24. The van der Waals surface area contributed by atoms with Crippen LogP contribution in [0.3, 0.4) is 0 Å². The Labute approximate surface area is 197 Å². The predicted octanol–water partition coefficient (Wildman–Crippen LogP) is 3.47. The van der Waals surface area contributed by atoms with Crippen LogP contribution < -0.4 is 15.2 Å². The van der Waals surface area contributed by atoms with Gasteiger partial charge in [-0.05, 0) is 61.9 Å². The Hall–Kier alpha value is -2.87. The third kappa shape index (κ3) is 4.49. The summed E-state index contributed by atoms with van der Waals surface area (Å²) in [5, 5.41) is 0.787. The summed E-state index contributed by atoms with van der Waals surface area (Å²) in [6.07, 6.45) is 7.20. The van der Waals surface area contributed by atoms with Crippen LogP contribution in [0.15, 0.2) is 35.4 Å². The highest BCUT2D eigenvalue weighted by molar-refractivity contribution is 7.18. The zero-order chi connectivity index (χ0) is 22.8. The number of aryl methyl sites for hydroxylation is 3. The molecule has 1 amide bonds. The van der Waals surface area contributed by atoms with E-state index in [1.54, 1.807) is 29.3 Å². The standard InChI is InChI=1S/C25H30N4O3S/c1-32-19-9-7-18(8-10-19)27-12-4-13-28(16-15-27)22(30)11-14-29-17-26-24-23(25(29)31)20-5-2-3-6-21(20)33-24/h7-10,17H,2-6,11-16H2,1H3. The van der Waals surface area contributed by atoms with Crippen LogP contribution >= 0.6 is 11.3 Å². The summed E-state index contributed by atoms with van der Waals surface area (Å²) in [6, 6.07) is 8.07. The number of anilines is 1. The highest BCUT2D eigenvalue weighted by Gasteiger charge is 2.22. The molecular formula is C25H30N4O3S. The lowest BCUT2D eigenvalue weighted by Crippen LogP contribution is -2.36. The van der Waals surface area contributed by atoms with E-state index in [-0.39, 0.29) is 11.5 Å². The van der Waals surface area contributed by atoms with Gasteiger partial charge in [0.25, 0.3) is 5.56 Å². The van der Waals surface area contributed by atoms with Crippen LogP contribution in [0.25, 0.3) is 10.2 Å². The molecule has 2 aromatic heterocycles. The van der Waals surface area contributed by atoms with Crippen LogP contribution in [0.1, 0.15) is 36.1 Å². The summed E-state index contributed by atoms with van der Waals surface area (Å²) in [7, 11) is 1.67. The molecule has 0 radical (unpaired) electrons. The molecule has 1 aliphatic carbocycles. The quantitative estimate of drug-likeness (QED) is 0.576. The second-order valence-corrected chi connectivity index (χ2v) is 9.89. The number of rotatable bonds is 5. The van der Waals surface area contributed by atoms with Crippen molar-refractivity contribution in [2.75, 3.05) is 38.2 Å². The van der Waals surface area contributed by atoms with Gasteiger partial charge in [-0.2, -0.15) is 0 Å². The molecule has 174 valence electrons. The van der Waals surface area contributed by atoms with E-state index < -0.39 is 0 Å². The van der Waals surface area contributed by atoms with Crippen LogP contribution in [-0.2, 0) is 24.2 Å². The number of hydrogen-bond acceptors (Lipinski definition) is 6. The molecule has 0 bridgehead atoms. The molecule has 5 rings (SSSR count). The van der Waals surface area contributed by atoms with Crippen LogP contribution in [0.4, 0.5) is 5.69 Å². The Kier molecular flexibility index (Phi) is 6.35. The third-order valence-electron chi connectivity index (χ3n) is 6.79. The van der Waals surface area contributed by atoms with Gasteiger partial charge in [0.2, 0.25) is 5.91 Å². The summed E-state index contributed by atoms with van der Waals surface area (Å²) in [5.74, 6) is 0.946. The Morgan fingerprint density at radius 2 is 1.88 bits per heavy atom. The van der Waals surface area contributed by atoms with E-state index in [0.29, 0.717) is 19.5 Å². The predicted molar refractivity (Wildman–Crippen MR) is 132 cm³/mol. The first-order chi connectivity index (χ1) is 16.1. The Morgan fingerprint density at radius 3 is 2.70 bits per heavy atom. The van der Waals surface area contributed by atoms with Crippen molar-refractivity contribution in [2.45, 2.75) is 45.1 Å². The van der Waals surface area contributed by atoms with E-state index >= 15 is 0 Å². The number of benzene rings is 1.